The molecule has 2 aromatic carbocycles. The number of ether oxygens (including phenoxy) is 1. The average Bonchev–Trinajstić information content (AvgIpc) is 3.04. The van der Waals surface area contributed by atoms with E-state index in [-0.39, 0.29) is 22.8 Å². The maximum absolute atomic E-state index is 12.7. The largest absolute Gasteiger partial charge is 0.497 e. The topological polar surface area (TPSA) is 135 Å². The van der Waals surface area contributed by atoms with E-state index >= 15 is 0 Å². The number of thioether (sulfide) groups is 1. The van der Waals surface area contributed by atoms with E-state index in [4.69, 9.17) is 15.6 Å². The van der Waals surface area contributed by atoms with E-state index in [1.807, 2.05) is 12.1 Å². The molecule has 31 heavy (non-hydrogen) atoms. The van der Waals surface area contributed by atoms with Gasteiger partial charge in [-0.1, -0.05) is 17.8 Å². The highest BCUT2D eigenvalue weighted by atomic mass is 32.2. The number of aromatic carboxylic acids is 1. The van der Waals surface area contributed by atoms with Crippen LogP contribution in [0.2, 0.25) is 0 Å². The molecule has 2 aromatic rings. The van der Waals surface area contributed by atoms with Gasteiger partial charge < -0.3 is 15.6 Å². The summed E-state index contributed by atoms with van der Waals surface area (Å²) < 4.78 is 5.12. The van der Waals surface area contributed by atoms with Crippen LogP contribution in [0.5, 0.6) is 5.75 Å². The van der Waals surface area contributed by atoms with Crippen LogP contribution >= 0.6 is 11.8 Å². The van der Waals surface area contributed by atoms with E-state index in [2.05, 4.69) is 10.2 Å². The smallest absolute Gasteiger partial charge is 0.335 e. The molecular weight excluding hydrogens is 420 g/mol. The number of imide groups is 1. The molecule has 0 bridgehead atoms. The fraction of sp³-hybridized carbons (Fsp3) is 0.190. The van der Waals surface area contributed by atoms with E-state index in [0.717, 1.165) is 28.0 Å². The summed E-state index contributed by atoms with van der Waals surface area (Å²) in [7, 11) is 1.58. The number of nitrogens with zero attached hydrogens (tertiary/aromatic N) is 3. The van der Waals surface area contributed by atoms with Crippen molar-refractivity contribution in [3.8, 4) is 5.75 Å². The first-order valence-electron chi connectivity index (χ1n) is 9.19. The lowest BCUT2D eigenvalue weighted by molar-refractivity contribution is -0.121. The number of nitrogens with two attached hydrogens (primary N) is 1. The van der Waals surface area contributed by atoms with Gasteiger partial charge in [-0.2, -0.15) is 5.10 Å². The Hall–Kier alpha value is -3.66. The van der Waals surface area contributed by atoms with Gasteiger partial charge in [-0.3, -0.25) is 9.59 Å². The Morgan fingerprint density at radius 1 is 1.16 bits per heavy atom. The average molecular weight is 440 g/mol. The number of carboxylic acid groups (broad SMARTS) is 1. The van der Waals surface area contributed by atoms with Crippen LogP contribution in [0.1, 0.15) is 29.3 Å². The molecule has 160 valence electrons. The zero-order valence-electron chi connectivity index (χ0n) is 16.8. The number of amidine groups is 1. The molecule has 1 heterocycles. The Morgan fingerprint density at radius 3 is 2.52 bits per heavy atom. The number of hydrogen-bond donors (Lipinski definition) is 2. The lowest BCUT2D eigenvalue weighted by atomic mass is 10.1. The van der Waals surface area contributed by atoms with Crippen LogP contribution < -0.4 is 15.4 Å². The Balaban J connectivity index is 1.71. The SMILES string of the molecule is COc1ccc(/C(C)=N\N=C(N)S[C@@H]2CC(=O)N(c3cccc(C(=O)O)c3)C2=O)cc1. The predicted octanol–water partition coefficient (Wildman–Crippen LogP) is 2.50. The molecule has 3 N–H and O–H groups in total. The summed E-state index contributed by atoms with van der Waals surface area (Å²) in [6.07, 6.45) is -0.0712. The monoisotopic (exact) mass is 440 g/mol. The maximum Gasteiger partial charge on any atom is 0.335 e. The third-order valence-corrected chi connectivity index (χ3v) is 5.50. The first-order chi connectivity index (χ1) is 14.8. The van der Waals surface area contributed by atoms with Gasteiger partial charge in [-0.25, -0.2) is 9.69 Å². The van der Waals surface area contributed by atoms with E-state index in [1.54, 1.807) is 26.2 Å². The minimum atomic E-state index is -1.15. The van der Waals surface area contributed by atoms with Gasteiger partial charge in [0.05, 0.1) is 24.1 Å². The summed E-state index contributed by atoms with van der Waals surface area (Å²) in [4.78, 5) is 37.3. The lowest BCUT2D eigenvalue weighted by Crippen LogP contribution is -2.32. The number of benzene rings is 2. The molecule has 0 saturated carbocycles. The number of hydrogen-bond acceptors (Lipinski definition) is 7. The van der Waals surface area contributed by atoms with E-state index in [1.165, 1.54) is 24.3 Å². The third kappa shape index (κ3) is 5.10. The van der Waals surface area contributed by atoms with Crippen LogP contribution in [0.3, 0.4) is 0 Å². The van der Waals surface area contributed by atoms with Crippen molar-refractivity contribution in [1.29, 1.82) is 0 Å². The third-order valence-electron chi connectivity index (χ3n) is 4.53. The van der Waals surface area contributed by atoms with Crippen LogP contribution in [-0.2, 0) is 9.59 Å². The molecule has 1 saturated heterocycles. The minimum Gasteiger partial charge on any atom is -0.497 e. The van der Waals surface area contributed by atoms with Gasteiger partial charge in [0.1, 0.15) is 11.0 Å². The Labute approximate surface area is 182 Å². The van der Waals surface area contributed by atoms with Gasteiger partial charge in [-0.05, 0) is 55.0 Å². The zero-order chi connectivity index (χ0) is 22.5. The number of carbonyl (C=O) groups excluding carboxylic acids is 2. The second kappa shape index (κ2) is 9.43. The number of anilines is 1. The maximum atomic E-state index is 12.7. The number of carbonyl (C=O) groups is 3. The number of carboxylic acids is 1. The summed E-state index contributed by atoms with van der Waals surface area (Å²) in [5.74, 6) is -1.34. The van der Waals surface area contributed by atoms with Crippen molar-refractivity contribution in [3.05, 3.63) is 59.7 Å². The molecule has 1 aliphatic heterocycles. The number of rotatable bonds is 6. The molecule has 9 nitrogen and oxygen atoms in total. The molecule has 10 heteroatoms. The molecule has 3 rings (SSSR count). The Morgan fingerprint density at radius 2 is 1.87 bits per heavy atom. The van der Waals surface area contributed by atoms with Gasteiger partial charge in [-0.15, -0.1) is 5.10 Å². The van der Waals surface area contributed by atoms with Crippen LogP contribution in [0.15, 0.2) is 58.7 Å². The summed E-state index contributed by atoms with van der Waals surface area (Å²) in [5, 5.41) is 16.4. The molecule has 0 aromatic heterocycles. The normalized spacial score (nSPS) is 17.2. The van der Waals surface area contributed by atoms with Gasteiger partial charge in [0.15, 0.2) is 5.17 Å². The molecule has 1 fully saturated rings. The number of methoxy groups -OCH3 is 1. The molecule has 0 aliphatic carbocycles. The highest BCUT2D eigenvalue weighted by Gasteiger charge is 2.40. The molecule has 2 amide bonds. The fourth-order valence-electron chi connectivity index (χ4n) is 2.93. The summed E-state index contributed by atoms with van der Waals surface area (Å²) >= 11 is 0.944. The summed E-state index contributed by atoms with van der Waals surface area (Å²) in [6.45, 7) is 1.77. The zero-order valence-corrected chi connectivity index (χ0v) is 17.6. The van der Waals surface area contributed by atoms with E-state index in [0.29, 0.717) is 5.71 Å². The lowest BCUT2D eigenvalue weighted by Gasteiger charge is -2.15. The van der Waals surface area contributed by atoms with E-state index in [9.17, 15) is 14.4 Å². The number of amides is 2. The summed E-state index contributed by atoms with van der Waals surface area (Å²) in [6, 6.07) is 12.9. The van der Waals surface area contributed by atoms with E-state index < -0.39 is 23.0 Å². The fourth-order valence-corrected chi connectivity index (χ4v) is 3.74. The van der Waals surface area contributed by atoms with Crippen molar-refractivity contribution < 1.29 is 24.2 Å². The Bertz CT molecular complexity index is 1080. The quantitative estimate of drug-likeness (QED) is 0.305. The van der Waals surface area contributed by atoms with Gasteiger partial charge in [0, 0.05) is 6.42 Å². The van der Waals surface area contributed by atoms with Gasteiger partial charge in [0.2, 0.25) is 11.8 Å². The highest BCUT2D eigenvalue weighted by Crippen LogP contribution is 2.30. The van der Waals surface area contributed by atoms with Crippen molar-refractivity contribution in [2.75, 3.05) is 12.0 Å². The highest BCUT2D eigenvalue weighted by molar-refractivity contribution is 8.14. The van der Waals surface area contributed by atoms with Crippen molar-refractivity contribution in [3.63, 3.8) is 0 Å². The van der Waals surface area contributed by atoms with Crippen molar-refractivity contribution >= 4 is 46.1 Å². The predicted molar refractivity (Wildman–Crippen MR) is 119 cm³/mol. The van der Waals surface area contributed by atoms with Crippen molar-refractivity contribution in [1.82, 2.24) is 0 Å². The van der Waals surface area contributed by atoms with Crippen molar-refractivity contribution in [2.24, 2.45) is 15.9 Å². The van der Waals surface area contributed by atoms with Crippen LogP contribution in [0.25, 0.3) is 0 Å². The Kier molecular flexibility index (Phi) is 6.71. The van der Waals surface area contributed by atoms with Crippen LogP contribution in [-0.4, -0.2) is 46.1 Å². The van der Waals surface area contributed by atoms with Crippen molar-refractivity contribution in [2.45, 2.75) is 18.6 Å². The molecular formula is C21H20N4O5S. The molecule has 0 radical (unpaired) electrons. The standard InChI is InChI=1S/C21H20N4O5S/c1-12(13-6-8-16(30-2)9-7-13)23-24-21(22)31-17-11-18(26)25(19(17)27)15-5-3-4-14(10-15)20(28)29/h3-10,17H,11H2,1-2H3,(H2,22,24)(H,28,29)/b23-12-/t17-/m1/s1. The molecule has 1 aliphatic rings. The molecule has 0 unspecified atom stereocenters. The first kappa shape index (κ1) is 22.0. The molecule has 1 atom stereocenters. The second-order valence-electron chi connectivity index (χ2n) is 6.59. The minimum absolute atomic E-state index is 0.0152. The van der Waals surface area contributed by atoms with Crippen LogP contribution in [0.4, 0.5) is 5.69 Å². The molecule has 0 spiro atoms. The van der Waals surface area contributed by atoms with Gasteiger partial charge >= 0.3 is 5.97 Å². The van der Waals surface area contributed by atoms with Crippen LogP contribution in [0, 0.1) is 0 Å². The summed E-state index contributed by atoms with van der Waals surface area (Å²) in [5.41, 5.74) is 7.55. The second-order valence-corrected chi connectivity index (χ2v) is 7.81. The van der Waals surface area contributed by atoms with Gasteiger partial charge in [0.25, 0.3) is 0 Å². The first-order valence-corrected chi connectivity index (χ1v) is 10.1.